The van der Waals surface area contributed by atoms with E-state index in [0.717, 1.165) is 0 Å². The van der Waals surface area contributed by atoms with Crippen LogP contribution in [-0.2, 0) is 9.09 Å². The number of hydrogen-bond donors (Lipinski definition) is 2. The van der Waals surface area contributed by atoms with Crippen LogP contribution in [0, 0.1) is 0 Å². The molecule has 0 rings (SSSR count). The van der Waals surface area contributed by atoms with Gasteiger partial charge in [-0.1, -0.05) is 0 Å². The second-order valence-electron chi connectivity index (χ2n) is 1.60. The molecule has 4 nitrogen and oxygen atoms in total. The fourth-order valence-corrected chi connectivity index (χ4v) is 0.625. The van der Waals surface area contributed by atoms with E-state index < -0.39 is 14.8 Å². The Hall–Kier alpha value is -0.0200. The zero-order valence-corrected chi connectivity index (χ0v) is 5.88. The minimum Gasteiger partial charge on any atom is -0.391 e. The Balaban J connectivity index is 3.04. The lowest BCUT2D eigenvalue weighted by Gasteiger charge is -2.03. The molecule has 0 amide bonds. The molecule has 0 radical (unpaired) electrons. The summed E-state index contributed by atoms with van der Waals surface area (Å²) < 4.78 is 14.0. The van der Waals surface area contributed by atoms with Gasteiger partial charge in [-0.05, 0) is 13.0 Å². The molecule has 0 aromatic heterocycles. The van der Waals surface area contributed by atoms with Gasteiger partial charge in [0, 0.05) is 0 Å². The summed E-state index contributed by atoms with van der Waals surface area (Å²) in [7, 11) is -0.395. The molecule has 1 atom stereocenters. The van der Waals surface area contributed by atoms with E-state index >= 15 is 0 Å². The molecule has 0 saturated heterocycles. The lowest BCUT2D eigenvalue weighted by Crippen LogP contribution is -2.17. The Labute approximate surface area is 55.3 Å². The summed E-state index contributed by atoms with van der Waals surface area (Å²) in [5.74, 6) is 0. The standard InChI is InChI=1S/C4H10NO3P/c5-2-1-4(6)3-8-9-7/h4,6H,1-3,5H2. The van der Waals surface area contributed by atoms with Gasteiger partial charge in [0.05, 0.1) is 12.7 Å². The lowest BCUT2D eigenvalue weighted by molar-refractivity contribution is 0.109. The first-order valence-corrected chi connectivity index (χ1v) is 3.37. The zero-order valence-electron chi connectivity index (χ0n) is 4.99. The third-order valence-electron chi connectivity index (χ3n) is 0.820. The van der Waals surface area contributed by atoms with Gasteiger partial charge in [-0.15, -0.1) is 0 Å². The van der Waals surface area contributed by atoms with Gasteiger partial charge in [-0.2, -0.15) is 0 Å². The fraction of sp³-hybridized carbons (Fsp3) is 1.00. The second kappa shape index (κ2) is 6.11. The van der Waals surface area contributed by atoms with Crippen LogP contribution in [0.25, 0.3) is 0 Å². The average molecular weight is 151 g/mol. The maximum absolute atomic E-state index is 9.65. The minimum atomic E-state index is -0.587. The van der Waals surface area contributed by atoms with Crippen molar-refractivity contribution in [3.8, 4) is 0 Å². The van der Waals surface area contributed by atoms with Crippen LogP contribution in [0.15, 0.2) is 0 Å². The van der Waals surface area contributed by atoms with Crippen LogP contribution in [0.3, 0.4) is 0 Å². The Morgan fingerprint density at radius 2 is 2.44 bits per heavy atom. The normalized spacial score (nSPS) is 14.0. The molecule has 3 N–H and O–H groups in total. The molecule has 0 aliphatic rings. The monoisotopic (exact) mass is 151 g/mol. The predicted molar refractivity (Wildman–Crippen MR) is 33.2 cm³/mol. The molecule has 0 aliphatic heterocycles. The zero-order chi connectivity index (χ0) is 7.11. The highest BCUT2D eigenvalue weighted by Gasteiger charge is 2.00. The summed E-state index contributed by atoms with van der Waals surface area (Å²) in [4.78, 5) is 0. The first-order chi connectivity index (χ1) is 4.31. The molecule has 0 spiro atoms. The summed E-state index contributed by atoms with van der Waals surface area (Å²) in [6, 6.07) is 0. The molecule has 1 unspecified atom stereocenters. The fourth-order valence-electron chi connectivity index (χ4n) is 0.392. The van der Waals surface area contributed by atoms with Gasteiger partial charge in [0.25, 0.3) is 0 Å². The van der Waals surface area contributed by atoms with E-state index in [2.05, 4.69) is 4.52 Å². The van der Waals surface area contributed by atoms with Gasteiger partial charge in [0.1, 0.15) is 0 Å². The van der Waals surface area contributed by atoms with E-state index in [9.17, 15) is 4.57 Å². The quantitative estimate of drug-likeness (QED) is 0.539. The van der Waals surface area contributed by atoms with Gasteiger partial charge < -0.3 is 10.8 Å². The topological polar surface area (TPSA) is 72.6 Å². The summed E-state index contributed by atoms with van der Waals surface area (Å²) in [5, 5.41) is 8.83. The van der Waals surface area contributed by atoms with E-state index in [0.29, 0.717) is 13.0 Å². The van der Waals surface area contributed by atoms with E-state index in [1.54, 1.807) is 0 Å². The number of rotatable bonds is 5. The minimum absolute atomic E-state index is 0.0856. The van der Waals surface area contributed by atoms with Gasteiger partial charge >= 0.3 is 8.69 Å². The lowest BCUT2D eigenvalue weighted by atomic mass is 10.3. The Morgan fingerprint density at radius 1 is 1.78 bits per heavy atom. The van der Waals surface area contributed by atoms with E-state index in [4.69, 9.17) is 10.8 Å². The van der Waals surface area contributed by atoms with Crippen LogP contribution in [-0.4, -0.2) is 24.4 Å². The molecule has 0 aliphatic carbocycles. The van der Waals surface area contributed by atoms with Crippen molar-refractivity contribution in [1.29, 1.82) is 0 Å². The summed E-state index contributed by atoms with van der Waals surface area (Å²) >= 11 is 0. The Kier molecular flexibility index (Phi) is 6.09. The summed E-state index contributed by atoms with van der Waals surface area (Å²) in [5.41, 5.74) is 5.11. The second-order valence-corrected chi connectivity index (χ2v) is 2.01. The molecule has 0 aromatic rings. The third kappa shape index (κ3) is 5.86. The van der Waals surface area contributed by atoms with Crippen molar-refractivity contribution in [2.24, 2.45) is 5.73 Å². The smallest absolute Gasteiger partial charge is 0.327 e. The largest absolute Gasteiger partial charge is 0.391 e. The highest BCUT2D eigenvalue weighted by Crippen LogP contribution is 1.97. The number of nitrogens with two attached hydrogens (primary N) is 1. The number of aliphatic hydroxyl groups excluding tert-OH is 1. The van der Waals surface area contributed by atoms with Crippen molar-refractivity contribution in [3.63, 3.8) is 0 Å². The van der Waals surface area contributed by atoms with E-state index in [-0.39, 0.29) is 6.61 Å². The molecule has 0 aromatic carbocycles. The van der Waals surface area contributed by atoms with Crippen LogP contribution in [0.1, 0.15) is 6.42 Å². The van der Waals surface area contributed by atoms with Crippen molar-refractivity contribution >= 4 is 8.69 Å². The molecule has 54 valence electrons. The van der Waals surface area contributed by atoms with Crippen LogP contribution in [0.2, 0.25) is 0 Å². The van der Waals surface area contributed by atoms with Crippen LogP contribution >= 0.6 is 8.69 Å². The van der Waals surface area contributed by atoms with Crippen molar-refractivity contribution in [1.82, 2.24) is 0 Å². The summed E-state index contributed by atoms with van der Waals surface area (Å²) in [6.45, 7) is 0.503. The molecule has 0 saturated carbocycles. The predicted octanol–water partition coefficient (Wildman–Crippen LogP) is -0.0806. The van der Waals surface area contributed by atoms with Gasteiger partial charge in [0.15, 0.2) is 0 Å². The maximum atomic E-state index is 9.65. The Bertz CT molecular complexity index is 80.2. The highest BCUT2D eigenvalue weighted by atomic mass is 31.1. The molecule has 9 heavy (non-hydrogen) atoms. The van der Waals surface area contributed by atoms with E-state index in [1.807, 2.05) is 0 Å². The van der Waals surface area contributed by atoms with Crippen molar-refractivity contribution in [2.45, 2.75) is 12.5 Å². The van der Waals surface area contributed by atoms with Crippen LogP contribution in [0.4, 0.5) is 0 Å². The van der Waals surface area contributed by atoms with Crippen LogP contribution in [0.5, 0.6) is 0 Å². The molecule has 0 fully saturated rings. The number of hydrogen-bond acceptors (Lipinski definition) is 4. The van der Waals surface area contributed by atoms with Gasteiger partial charge in [0.2, 0.25) is 0 Å². The first kappa shape index (κ1) is 8.98. The van der Waals surface area contributed by atoms with Gasteiger partial charge in [-0.25, -0.2) is 4.57 Å². The van der Waals surface area contributed by atoms with Crippen molar-refractivity contribution in [3.05, 3.63) is 0 Å². The van der Waals surface area contributed by atoms with Gasteiger partial charge in [-0.3, -0.25) is 4.52 Å². The third-order valence-corrected chi connectivity index (χ3v) is 1.07. The maximum Gasteiger partial charge on any atom is 0.327 e. The van der Waals surface area contributed by atoms with Crippen molar-refractivity contribution in [2.75, 3.05) is 13.2 Å². The molecular weight excluding hydrogens is 141 g/mol. The molecule has 0 bridgehead atoms. The SMILES string of the molecule is NCCC(O)COP=O. The first-order valence-electron chi connectivity index (χ1n) is 2.64. The number of aliphatic hydroxyl groups is 1. The summed E-state index contributed by atoms with van der Waals surface area (Å²) in [6.07, 6.45) is -0.105. The molecule has 0 heterocycles. The molecular formula is C4H10NO3P. The molecule has 5 heteroatoms. The average Bonchev–Trinajstić information content (AvgIpc) is 1.85. The van der Waals surface area contributed by atoms with E-state index in [1.165, 1.54) is 0 Å². The van der Waals surface area contributed by atoms with Crippen molar-refractivity contribution < 1.29 is 14.2 Å². The Morgan fingerprint density at radius 3 is 2.89 bits per heavy atom. The highest BCUT2D eigenvalue weighted by molar-refractivity contribution is 7.17. The van der Waals surface area contributed by atoms with Crippen LogP contribution < -0.4 is 5.73 Å².